The summed E-state index contributed by atoms with van der Waals surface area (Å²) in [5, 5.41) is 5.42. The van der Waals surface area contributed by atoms with Crippen LogP contribution in [0.15, 0.2) is 36.4 Å². The van der Waals surface area contributed by atoms with Crippen LogP contribution in [0.1, 0.15) is 17.0 Å². The summed E-state index contributed by atoms with van der Waals surface area (Å²) in [5.41, 5.74) is 9.51. The number of rotatable bonds is 2. The van der Waals surface area contributed by atoms with Gasteiger partial charge in [0.25, 0.3) is 0 Å². The van der Waals surface area contributed by atoms with Gasteiger partial charge in [0.1, 0.15) is 4.99 Å². The molecule has 1 aromatic carbocycles. The van der Waals surface area contributed by atoms with E-state index in [-0.39, 0.29) is 0 Å². The fraction of sp³-hybridized carbons (Fsp3) is 0.133. The Morgan fingerprint density at radius 3 is 2.60 bits per heavy atom. The molecule has 0 radical (unpaired) electrons. The zero-order chi connectivity index (χ0) is 14.3. The molecule has 3 aromatic rings. The fourth-order valence-corrected chi connectivity index (χ4v) is 2.50. The van der Waals surface area contributed by atoms with Gasteiger partial charge in [0, 0.05) is 16.6 Å². The lowest BCUT2D eigenvalue weighted by Gasteiger charge is -2.09. The molecule has 20 heavy (non-hydrogen) atoms. The largest absolute Gasteiger partial charge is 0.389 e. The summed E-state index contributed by atoms with van der Waals surface area (Å²) >= 11 is 5.16. The maximum absolute atomic E-state index is 5.84. The van der Waals surface area contributed by atoms with Gasteiger partial charge >= 0.3 is 0 Å². The molecule has 0 aliphatic rings. The predicted molar refractivity (Wildman–Crippen MR) is 84.2 cm³/mol. The van der Waals surface area contributed by atoms with Crippen molar-refractivity contribution in [3.63, 3.8) is 0 Å². The maximum Gasteiger partial charge on any atom is 0.155 e. The smallest absolute Gasteiger partial charge is 0.155 e. The van der Waals surface area contributed by atoms with E-state index >= 15 is 0 Å². The number of nitrogens with two attached hydrogens (primary N) is 1. The molecule has 0 aliphatic heterocycles. The van der Waals surface area contributed by atoms with Crippen LogP contribution in [0.5, 0.6) is 0 Å². The van der Waals surface area contributed by atoms with Crippen molar-refractivity contribution in [3.05, 3.63) is 53.3 Å². The number of pyridine rings is 1. The Morgan fingerprint density at radius 1 is 1.20 bits per heavy atom. The Hall–Kier alpha value is -2.27. The second-order valence-electron chi connectivity index (χ2n) is 4.75. The van der Waals surface area contributed by atoms with Crippen molar-refractivity contribution in [2.24, 2.45) is 5.73 Å². The quantitative estimate of drug-likeness (QED) is 0.734. The number of thiocarbonyl (C=S) groups is 1. The van der Waals surface area contributed by atoms with Crippen LogP contribution in [0, 0.1) is 13.8 Å². The molecule has 0 unspecified atom stereocenters. The molecule has 2 aromatic heterocycles. The number of para-hydroxylation sites is 1. The van der Waals surface area contributed by atoms with Gasteiger partial charge in [-0.1, -0.05) is 30.4 Å². The van der Waals surface area contributed by atoms with E-state index in [9.17, 15) is 0 Å². The van der Waals surface area contributed by atoms with E-state index in [2.05, 4.69) is 10.1 Å². The van der Waals surface area contributed by atoms with Crippen LogP contribution in [0.25, 0.3) is 16.7 Å². The third kappa shape index (κ3) is 2.06. The number of benzene rings is 1. The molecule has 0 bridgehead atoms. The minimum atomic E-state index is 0.367. The number of nitrogens with zero attached hydrogens (tertiary/aromatic N) is 3. The summed E-state index contributed by atoms with van der Waals surface area (Å²) in [6, 6.07) is 11.7. The lowest BCUT2D eigenvalue weighted by atomic mass is 10.1. The van der Waals surface area contributed by atoms with Crippen molar-refractivity contribution in [3.8, 4) is 5.82 Å². The van der Waals surface area contributed by atoms with Gasteiger partial charge in [0.2, 0.25) is 0 Å². The van der Waals surface area contributed by atoms with Crippen LogP contribution in [-0.2, 0) is 0 Å². The molecule has 0 amide bonds. The Morgan fingerprint density at radius 2 is 1.95 bits per heavy atom. The van der Waals surface area contributed by atoms with Gasteiger partial charge in [0.15, 0.2) is 5.82 Å². The third-order valence-corrected chi connectivity index (χ3v) is 3.41. The van der Waals surface area contributed by atoms with Crippen molar-refractivity contribution in [2.45, 2.75) is 13.8 Å². The average molecular weight is 282 g/mol. The minimum Gasteiger partial charge on any atom is -0.389 e. The average Bonchev–Trinajstić information content (AvgIpc) is 2.76. The van der Waals surface area contributed by atoms with Crippen LogP contribution in [0.4, 0.5) is 0 Å². The molecular formula is C15H14N4S. The van der Waals surface area contributed by atoms with E-state index in [1.165, 1.54) is 0 Å². The third-order valence-electron chi connectivity index (χ3n) is 3.19. The summed E-state index contributed by atoms with van der Waals surface area (Å²) in [7, 11) is 0. The fourth-order valence-electron chi connectivity index (χ4n) is 2.33. The van der Waals surface area contributed by atoms with Crippen LogP contribution < -0.4 is 5.73 Å². The van der Waals surface area contributed by atoms with Crippen LogP contribution in [0.3, 0.4) is 0 Å². The van der Waals surface area contributed by atoms with Crippen LogP contribution in [0.2, 0.25) is 0 Å². The van der Waals surface area contributed by atoms with Gasteiger partial charge in [0.05, 0.1) is 11.2 Å². The van der Waals surface area contributed by atoms with Gasteiger partial charge in [-0.2, -0.15) is 5.10 Å². The standard InChI is InChI=1S/C15H14N4S/c1-9-7-10(2)19(18-9)14-8-12(15(16)20)11-5-3-4-6-13(11)17-14/h3-8H,1-2H3,(H2,16,20). The number of hydrogen-bond acceptors (Lipinski definition) is 3. The summed E-state index contributed by atoms with van der Waals surface area (Å²) in [5.74, 6) is 0.733. The number of aromatic nitrogens is 3. The lowest BCUT2D eigenvalue weighted by molar-refractivity contribution is 0.810. The zero-order valence-electron chi connectivity index (χ0n) is 11.3. The van der Waals surface area contributed by atoms with Crippen LogP contribution >= 0.6 is 12.2 Å². The van der Waals surface area contributed by atoms with Crippen molar-refractivity contribution in [2.75, 3.05) is 0 Å². The first kappa shape index (κ1) is 12.7. The molecule has 100 valence electrons. The highest BCUT2D eigenvalue weighted by atomic mass is 32.1. The molecule has 0 aliphatic carbocycles. The highest BCUT2D eigenvalue weighted by Gasteiger charge is 2.11. The van der Waals surface area contributed by atoms with E-state index in [0.29, 0.717) is 4.99 Å². The molecule has 4 nitrogen and oxygen atoms in total. The predicted octanol–water partition coefficient (Wildman–Crippen LogP) is 2.67. The first-order valence-electron chi connectivity index (χ1n) is 6.29. The molecule has 0 saturated heterocycles. The number of aryl methyl sites for hydroxylation is 2. The lowest BCUT2D eigenvalue weighted by Crippen LogP contribution is -2.12. The summed E-state index contributed by atoms with van der Waals surface area (Å²) in [4.78, 5) is 5.01. The second-order valence-corrected chi connectivity index (χ2v) is 5.19. The van der Waals surface area contributed by atoms with E-state index in [0.717, 1.165) is 33.7 Å². The Kier molecular flexibility index (Phi) is 2.99. The molecule has 0 atom stereocenters. The minimum absolute atomic E-state index is 0.367. The van der Waals surface area contributed by atoms with Crippen molar-refractivity contribution < 1.29 is 0 Å². The van der Waals surface area contributed by atoms with E-state index in [1.807, 2.05) is 54.9 Å². The Bertz CT molecular complexity index is 820. The van der Waals surface area contributed by atoms with Gasteiger partial charge < -0.3 is 5.73 Å². The van der Waals surface area contributed by atoms with Crippen LogP contribution in [-0.4, -0.2) is 19.8 Å². The van der Waals surface area contributed by atoms with Crippen molar-refractivity contribution in [1.82, 2.24) is 14.8 Å². The molecule has 5 heteroatoms. The first-order chi connectivity index (χ1) is 9.56. The Labute approximate surface area is 122 Å². The van der Waals surface area contributed by atoms with Crippen molar-refractivity contribution in [1.29, 1.82) is 0 Å². The monoisotopic (exact) mass is 282 g/mol. The summed E-state index contributed by atoms with van der Waals surface area (Å²) < 4.78 is 1.81. The molecular weight excluding hydrogens is 268 g/mol. The first-order valence-corrected chi connectivity index (χ1v) is 6.70. The SMILES string of the molecule is Cc1cc(C)n(-c2cc(C(N)=S)c3ccccc3n2)n1. The molecule has 2 heterocycles. The highest BCUT2D eigenvalue weighted by molar-refractivity contribution is 7.80. The van der Waals surface area contributed by atoms with Crippen molar-refractivity contribution >= 4 is 28.1 Å². The topological polar surface area (TPSA) is 56.7 Å². The van der Waals surface area contributed by atoms with Gasteiger partial charge in [-0.3, -0.25) is 0 Å². The maximum atomic E-state index is 5.84. The summed E-state index contributed by atoms with van der Waals surface area (Å²) in [6.07, 6.45) is 0. The molecule has 0 saturated carbocycles. The number of fused-ring (bicyclic) bond motifs is 1. The van der Waals surface area contributed by atoms with Gasteiger partial charge in [-0.05, 0) is 32.0 Å². The van der Waals surface area contributed by atoms with Gasteiger partial charge in [-0.15, -0.1) is 0 Å². The second kappa shape index (κ2) is 4.68. The molecule has 2 N–H and O–H groups in total. The van der Waals surface area contributed by atoms with E-state index in [4.69, 9.17) is 18.0 Å². The molecule has 0 fully saturated rings. The molecule has 3 rings (SSSR count). The van der Waals surface area contributed by atoms with E-state index in [1.54, 1.807) is 0 Å². The Balaban J connectivity index is 2.32. The van der Waals surface area contributed by atoms with Gasteiger partial charge in [-0.25, -0.2) is 9.67 Å². The normalized spacial score (nSPS) is 10.9. The zero-order valence-corrected chi connectivity index (χ0v) is 12.1. The van der Waals surface area contributed by atoms with E-state index < -0.39 is 0 Å². The summed E-state index contributed by atoms with van der Waals surface area (Å²) in [6.45, 7) is 3.95. The number of hydrogen-bond donors (Lipinski definition) is 1. The molecule has 0 spiro atoms. The highest BCUT2D eigenvalue weighted by Crippen LogP contribution is 2.21.